The van der Waals surface area contributed by atoms with Crippen molar-refractivity contribution in [2.24, 2.45) is 0 Å². The third-order valence-corrected chi connectivity index (χ3v) is 4.40. The minimum atomic E-state index is 0.568. The summed E-state index contributed by atoms with van der Waals surface area (Å²) in [6, 6.07) is 9.23. The van der Waals surface area contributed by atoms with Crippen LogP contribution in [0.15, 0.2) is 29.2 Å². The van der Waals surface area contributed by atoms with Gasteiger partial charge in [-0.05, 0) is 50.7 Å². The van der Waals surface area contributed by atoms with Crippen LogP contribution in [-0.4, -0.2) is 36.8 Å². The topological polar surface area (TPSA) is 15.3 Å². The van der Waals surface area contributed by atoms with E-state index in [0.717, 1.165) is 6.54 Å². The quantitative estimate of drug-likeness (QED) is 0.795. The number of hydrogen-bond donors (Lipinski definition) is 1. The molecular formula is C15H24N2S. The predicted molar refractivity (Wildman–Crippen MR) is 80.2 cm³/mol. The molecular weight excluding hydrogens is 240 g/mol. The summed E-state index contributed by atoms with van der Waals surface area (Å²) < 4.78 is 0. The van der Waals surface area contributed by atoms with Gasteiger partial charge >= 0.3 is 0 Å². The first-order valence-corrected chi connectivity index (χ1v) is 8.09. The van der Waals surface area contributed by atoms with E-state index >= 15 is 0 Å². The monoisotopic (exact) mass is 264 g/mol. The van der Waals surface area contributed by atoms with E-state index in [0.29, 0.717) is 6.04 Å². The second-order valence-electron chi connectivity index (χ2n) is 5.10. The molecule has 100 valence electrons. The van der Waals surface area contributed by atoms with Crippen LogP contribution in [0.3, 0.4) is 0 Å². The first kappa shape index (κ1) is 13.9. The fraction of sp³-hybridized carbons (Fsp3) is 0.600. The normalized spacial score (nSPS) is 18.1. The molecule has 1 unspecified atom stereocenters. The molecule has 1 aromatic rings. The summed E-state index contributed by atoms with van der Waals surface area (Å²) in [7, 11) is 0. The van der Waals surface area contributed by atoms with Crippen LogP contribution in [0.25, 0.3) is 0 Å². The van der Waals surface area contributed by atoms with Crippen molar-refractivity contribution in [3.8, 4) is 0 Å². The molecule has 1 saturated heterocycles. The molecule has 0 saturated carbocycles. The average Bonchev–Trinajstić information content (AvgIpc) is 2.89. The van der Waals surface area contributed by atoms with Crippen LogP contribution < -0.4 is 5.32 Å². The Balaban J connectivity index is 1.79. The van der Waals surface area contributed by atoms with E-state index in [4.69, 9.17) is 0 Å². The van der Waals surface area contributed by atoms with E-state index in [2.05, 4.69) is 47.7 Å². The standard InChI is InChI=1S/C15H24N2S/c1-13(12-17-9-5-6-10-17)16-11-14-7-3-4-8-15(14)18-2/h3-4,7-8,13,16H,5-6,9-12H2,1-2H3. The lowest BCUT2D eigenvalue weighted by molar-refractivity contribution is 0.298. The molecule has 0 radical (unpaired) electrons. The number of nitrogens with one attached hydrogen (secondary N) is 1. The van der Waals surface area contributed by atoms with Gasteiger partial charge in [-0.3, -0.25) is 0 Å². The lowest BCUT2D eigenvalue weighted by Crippen LogP contribution is -2.37. The third-order valence-electron chi connectivity index (χ3n) is 3.56. The summed E-state index contributed by atoms with van der Waals surface area (Å²) >= 11 is 1.83. The smallest absolute Gasteiger partial charge is 0.0219 e. The van der Waals surface area contributed by atoms with Gasteiger partial charge in [-0.1, -0.05) is 18.2 Å². The van der Waals surface area contributed by atoms with Crippen molar-refractivity contribution in [2.45, 2.75) is 37.2 Å². The summed E-state index contributed by atoms with van der Waals surface area (Å²) in [5, 5.41) is 3.65. The Morgan fingerprint density at radius 3 is 2.72 bits per heavy atom. The van der Waals surface area contributed by atoms with Crippen LogP contribution in [-0.2, 0) is 6.54 Å². The van der Waals surface area contributed by atoms with Crippen LogP contribution in [0.1, 0.15) is 25.3 Å². The molecule has 3 heteroatoms. The van der Waals surface area contributed by atoms with Gasteiger partial charge in [-0.25, -0.2) is 0 Å². The molecule has 0 aromatic heterocycles. The number of rotatable bonds is 6. The first-order valence-electron chi connectivity index (χ1n) is 6.87. The highest BCUT2D eigenvalue weighted by atomic mass is 32.2. The summed E-state index contributed by atoms with van der Waals surface area (Å²) in [4.78, 5) is 3.95. The zero-order valence-electron chi connectivity index (χ0n) is 11.5. The molecule has 0 amide bonds. The molecule has 1 fully saturated rings. The molecule has 1 heterocycles. The Bertz CT molecular complexity index is 361. The van der Waals surface area contributed by atoms with Crippen molar-refractivity contribution in [1.82, 2.24) is 10.2 Å². The SMILES string of the molecule is CSc1ccccc1CNC(C)CN1CCCC1. The average molecular weight is 264 g/mol. The van der Waals surface area contributed by atoms with Gasteiger partial charge in [0, 0.05) is 24.0 Å². The summed E-state index contributed by atoms with van der Waals surface area (Å²) in [6.45, 7) is 7.02. The molecule has 1 aromatic carbocycles. The predicted octanol–water partition coefficient (Wildman–Crippen LogP) is 2.98. The van der Waals surface area contributed by atoms with Crippen LogP contribution in [0, 0.1) is 0 Å². The van der Waals surface area contributed by atoms with E-state index in [1.54, 1.807) is 0 Å². The van der Waals surface area contributed by atoms with Crippen LogP contribution in [0.4, 0.5) is 0 Å². The molecule has 0 aliphatic carbocycles. The van der Waals surface area contributed by atoms with Gasteiger partial charge in [0.25, 0.3) is 0 Å². The van der Waals surface area contributed by atoms with Gasteiger partial charge in [-0.2, -0.15) is 0 Å². The molecule has 2 nitrogen and oxygen atoms in total. The highest BCUT2D eigenvalue weighted by molar-refractivity contribution is 7.98. The Labute approximate surface area is 115 Å². The largest absolute Gasteiger partial charge is 0.309 e. The maximum absolute atomic E-state index is 3.65. The van der Waals surface area contributed by atoms with Crippen molar-refractivity contribution >= 4 is 11.8 Å². The van der Waals surface area contributed by atoms with Crippen LogP contribution in [0.5, 0.6) is 0 Å². The van der Waals surface area contributed by atoms with Crippen molar-refractivity contribution in [3.63, 3.8) is 0 Å². The summed E-state index contributed by atoms with van der Waals surface area (Å²) in [6.07, 6.45) is 4.90. The van der Waals surface area contributed by atoms with E-state index in [9.17, 15) is 0 Å². The Morgan fingerprint density at radius 1 is 1.28 bits per heavy atom. The molecule has 1 N–H and O–H groups in total. The summed E-state index contributed by atoms with van der Waals surface area (Å²) in [5.41, 5.74) is 1.42. The molecule has 2 rings (SSSR count). The van der Waals surface area contributed by atoms with E-state index < -0.39 is 0 Å². The molecule has 1 aliphatic rings. The Hall–Kier alpha value is -0.510. The summed E-state index contributed by atoms with van der Waals surface area (Å²) in [5.74, 6) is 0. The van der Waals surface area contributed by atoms with Crippen LogP contribution in [0.2, 0.25) is 0 Å². The van der Waals surface area contributed by atoms with E-state index in [-0.39, 0.29) is 0 Å². The Morgan fingerprint density at radius 2 is 2.00 bits per heavy atom. The van der Waals surface area contributed by atoms with Gasteiger partial charge in [0.05, 0.1) is 0 Å². The second-order valence-corrected chi connectivity index (χ2v) is 5.95. The zero-order chi connectivity index (χ0) is 12.8. The minimum Gasteiger partial charge on any atom is -0.309 e. The van der Waals surface area contributed by atoms with Crippen LogP contribution >= 0.6 is 11.8 Å². The molecule has 18 heavy (non-hydrogen) atoms. The van der Waals surface area contributed by atoms with Gasteiger partial charge in [0.1, 0.15) is 0 Å². The number of benzene rings is 1. The number of nitrogens with zero attached hydrogens (tertiary/aromatic N) is 1. The lowest BCUT2D eigenvalue weighted by atomic mass is 10.2. The van der Waals surface area contributed by atoms with Gasteiger partial charge < -0.3 is 10.2 Å². The number of likely N-dealkylation sites (tertiary alicyclic amines) is 1. The third kappa shape index (κ3) is 4.01. The van der Waals surface area contributed by atoms with E-state index in [1.807, 2.05) is 11.8 Å². The molecule has 1 atom stereocenters. The Kier molecular flexibility index (Phi) is 5.54. The van der Waals surface area contributed by atoms with Crippen molar-refractivity contribution in [3.05, 3.63) is 29.8 Å². The maximum Gasteiger partial charge on any atom is 0.0219 e. The van der Waals surface area contributed by atoms with Gasteiger partial charge in [0.2, 0.25) is 0 Å². The minimum absolute atomic E-state index is 0.568. The highest BCUT2D eigenvalue weighted by Gasteiger charge is 2.14. The molecule has 0 bridgehead atoms. The lowest BCUT2D eigenvalue weighted by Gasteiger charge is -2.21. The molecule has 0 spiro atoms. The fourth-order valence-electron chi connectivity index (χ4n) is 2.55. The number of hydrogen-bond acceptors (Lipinski definition) is 3. The second kappa shape index (κ2) is 7.17. The maximum atomic E-state index is 3.65. The fourth-order valence-corrected chi connectivity index (χ4v) is 3.17. The van der Waals surface area contributed by atoms with Crippen molar-refractivity contribution < 1.29 is 0 Å². The molecule has 1 aliphatic heterocycles. The van der Waals surface area contributed by atoms with Gasteiger partial charge in [-0.15, -0.1) is 11.8 Å². The first-order chi connectivity index (χ1) is 8.79. The zero-order valence-corrected chi connectivity index (χ0v) is 12.3. The van der Waals surface area contributed by atoms with Crippen molar-refractivity contribution in [2.75, 3.05) is 25.9 Å². The number of thioether (sulfide) groups is 1. The van der Waals surface area contributed by atoms with E-state index in [1.165, 1.54) is 42.9 Å². The van der Waals surface area contributed by atoms with Crippen molar-refractivity contribution in [1.29, 1.82) is 0 Å². The van der Waals surface area contributed by atoms with Gasteiger partial charge in [0.15, 0.2) is 0 Å². The highest BCUT2D eigenvalue weighted by Crippen LogP contribution is 2.19.